The minimum Gasteiger partial charge on any atom is -0.411 e. The molecule has 0 aromatic heterocycles. The number of carbonyl (C=O) groups is 2. The van der Waals surface area contributed by atoms with E-state index in [1.807, 2.05) is 17.1 Å². The predicted molar refractivity (Wildman–Crippen MR) is 126 cm³/mol. The van der Waals surface area contributed by atoms with Crippen molar-refractivity contribution in [2.75, 3.05) is 12.3 Å². The van der Waals surface area contributed by atoms with Gasteiger partial charge in [0.2, 0.25) is 0 Å². The van der Waals surface area contributed by atoms with Crippen molar-refractivity contribution in [3.63, 3.8) is 0 Å². The highest BCUT2D eigenvalue weighted by Gasteiger charge is 2.61. The first-order chi connectivity index (χ1) is 16.0. The molecule has 1 amide bonds. The summed E-state index contributed by atoms with van der Waals surface area (Å²) in [6.45, 7) is 4.58. The van der Waals surface area contributed by atoms with Gasteiger partial charge in [0, 0.05) is 29.5 Å². The van der Waals surface area contributed by atoms with Crippen LogP contribution in [0.3, 0.4) is 0 Å². The Kier molecular flexibility index (Phi) is 7.34. The molecule has 0 aromatic rings. The van der Waals surface area contributed by atoms with Gasteiger partial charge in [0.15, 0.2) is 0 Å². The summed E-state index contributed by atoms with van der Waals surface area (Å²) in [4.78, 5) is 23.5. The third-order valence-electron chi connectivity index (χ3n) is 9.74. The van der Waals surface area contributed by atoms with Gasteiger partial charge < -0.3 is 10.5 Å². The van der Waals surface area contributed by atoms with Gasteiger partial charge in [0.1, 0.15) is 5.78 Å². The number of amides is 1. The highest BCUT2D eigenvalue weighted by Crippen LogP contribution is 2.65. The standard InChI is InChI=1S/C25H37F3N2O3S/c1-23-9-7-15(34-12-4-3-11-29-22(32)25(26,27)28)13-19(23)20(30-33)14-16-17-5-6-21(31)24(17,2)10-8-18(16)23/h15-19,33H,3-14H2,1-2H3,(H,29,32)/t15?,16-,17-,18+,19?,23+,24-/m0/s1. The van der Waals surface area contributed by atoms with Crippen LogP contribution in [0.1, 0.15) is 78.1 Å². The smallest absolute Gasteiger partial charge is 0.411 e. The quantitative estimate of drug-likeness (QED) is 0.282. The maximum absolute atomic E-state index is 12.7. The first kappa shape index (κ1) is 25.8. The Balaban J connectivity index is 1.31. The van der Waals surface area contributed by atoms with E-state index >= 15 is 0 Å². The van der Waals surface area contributed by atoms with Gasteiger partial charge in [-0.1, -0.05) is 19.0 Å². The second-order valence-electron chi connectivity index (χ2n) is 11.4. The number of rotatable bonds is 6. The maximum atomic E-state index is 12.7. The number of fused-ring (bicyclic) bond motifs is 5. The van der Waals surface area contributed by atoms with Crippen LogP contribution in [-0.2, 0) is 9.59 Å². The molecule has 7 atom stereocenters. The van der Waals surface area contributed by atoms with Crippen molar-refractivity contribution in [3.8, 4) is 0 Å². The molecular weight excluding hydrogens is 465 g/mol. The van der Waals surface area contributed by atoms with Gasteiger partial charge in [-0.25, -0.2) is 0 Å². The van der Waals surface area contributed by atoms with Crippen molar-refractivity contribution in [2.24, 2.45) is 39.7 Å². The van der Waals surface area contributed by atoms with Gasteiger partial charge >= 0.3 is 12.1 Å². The van der Waals surface area contributed by atoms with Crippen LogP contribution in [0.2, 0.25) is 0 Å². The van der Waals surface area contributed by atoms with Crippen LogP contribution in [0, 0.1) is 34.5 Å². The molecule has 0 aromatic carbocycles. The summed E-state index contributed by atoms with van der Waals surface area (Å²) in [6.07, 6.45) is 4.10. The first-order valence-corrected chi connectivity index (χ1v) is 13.8. The number of hydrogen-bond donors (Lipinski definition) is 2. The molecule has 34 heavy (non-hydrogen) atoms. The summed E-state index contributed by atoms with van der Waals surface area (Å²) >= 11 is 1.86. The molecule has 0 heterocycles. The Morgan fingerprint density at radius 2 is 1.94 bits per heavy atom. The molecule has 4 aliphatic carbocycles. The van der Waals surface area contributed by atoms with Crippen LogP contribution in [-0.4, -0.2) is 46.3 Å². The number of oxime groups is 1. The zero-order chi connectivity index (χ0) is 24.7. The minimum atomic E-state index is -4.82. The van der Waals surface area contributed by atoms with Crippen molar-refractivity contribution in [3.05, 3.63) is 0 Å². The average Bonchev–Trinajstić information content (AvgIpc) is 3.09. The van der Waals surface area contributed by atoms with Crippen molar-refractivity contribution in [1.82, 2.24) is 5.32 Å². The largest absolute Gasteiger partial charge is 0.471 e. The monoisotopic (exact) mass is 502 g/mol. The van der Waals surface area contributed by atoms with Crippen LogP contribution in [0.5, 0.6) is 0 Å². The summed E-state index contributed by atoms with van der Waals surface area (Å²) in [6, 6.07) is 0. The number of hydrogen-bond acceptors (Lipinski definition) is 5. The highest BCUT2D eigenvalue weighted by atomic mass is 32.2. The average molecular weight is 503 g/mol. The van der Waals surface area contributed by atoms with E-state index in [-0.39, 0.29) is 23.3 Å². The fourth-order valence-corrected chi connectivity index (χ4v) is 9.16. The van der Waals surface area contributed by atoms with Crippen LogP contribution in [0.25, 0.3) is 0 Å². The number of nitrogens with zero attached hydrogens (tertiary/aromatic N) is 1. The summed E-state index contributed by atoms with van der Waals surface area (Å²) in [5.74, 6) is 1.03. The molecule has 192 valence electrons. The van der Waals surface area contributed by atoms with E-state index in [0.29, 0.717) is 41.6 Å². The lowest BCUT2D eigenvalue weighted by molar-refractivity contribution is -0.173. The first-order valence-electron chi connectivity index (χ1n) is 12.7. The van der Waals surface area contributed by atoms with E-state index in [1.54, 1.807) is 0 Å². The number of thioether (sulfide) groups is 1. The number of nitrogens with one attached hydrogen (secondary N) is 1. The maximum Gasteiger partial charge on any atom is 0.471 e. The van der Waals surface area contributed by atoms with E-state index < -0.39 is 12.1 Å². The number of carbonyl (C=O) groups excluding carboxylic acids is 2. The summed E-state index contributed by atoms with van der Waals surface area (Å²) < 4.78 is 36.7. The van der Waals surface area contributed by atoms with Gasteiger partial charge in [0.25, 0.3) is 0 Å². The zero-order valence-corrected chi connectivity index (χ0v) is 20.9. The Morgan fingerprint density at radius 3 is 2.65 bits per heavy atom. The molecule has 2 N–H and O–H groups in total. The lowest BCUT2D eigenvalue weighted by Gasteiger charge is -2.60. The van der Waals surface area contributed by atoms with Gasteiger partial charge in [-0.05, 0) is 86.7 Å². The number of halogens is 3. The van der Waals surface area contributed by atoms with Crippen LogP contribution in [0.15, 0.2) is 5.16 Å². The molecule has 0 spiro atoms. The molecule has 4 aliphatic rings. The molecule has 0 saturated heterocycles. The van der Waals surface area contributed by atoms with Crippen molar-refractivity contribution < 1.29 is 28.0 Å². The fraction of sp³-hybridized carbons (Fsp3) is 0.880. The molecule has 5 nitrogen and oxygen atoms in total. The van der Waals surface area contributed by atoms with Crippen molar-refractivity contribution in [2.45, 2.75) is 89.5 Å². The Labute approximate surface area is 204 Å². The van der Waals surface area contributed by atoms with Crippen molar-refractivity contribution in [1.29, 1.82) is 0 Å². The van der Waals surface area contributed by atoms with Gasteiger partial charge in [0.05, 0.1) is 5.71 Å². The number of ketones is 1. The second-order valence-corrected chi connectivity index (χ2v) is 12.8. The molecule has 4 saturated carbocycles. The SMILES string of the molecule is C[C@]12CCC(SCCCCNC(=O)C(F)(F)F)CC1C(=NO)C[C@@H]1[C@H]2CC[C@]2(C)C(=O)CC[C@@H]12. The van der Waals surface area contributed by atoms with Crippen molar-refractivity contribution >= 4 is 29.2 Å². The Hall–Kier alpha value is -1.25. The van der Waals surface area contributed by atoms with E-state index in [2.05, 4.69) is 19.0 Å². The fourth-order valence-electron chi connectivity index (χ4n) is 7.84. The normalized spacial score (nSPS) is 41.0. The molecule has 0 aliphatic heterocycles. The molecular formula is C25H37F3N2O3S. The molecule has 2 unspecified atom stereocenters. The summed E-state index contributed by atoms with van der Waals surface area (Å²) in [5, 5.41) is 16.1. The highest BCUT2D eigenvalue weighted by molar-refractivity contribution is 7.99. The van der Waals surface area contributed by atoms with Gasteiger partial charge in [-0.3, -0.25) is 9.59 Å². The number of unbranched alkanes of at least 4 members (excludes halogenated alkanes) is 1. The lowest BCUT2D eigenvalue weighted by atomic mass is 9.45. The number of alkyl halides is 3. The molecule has 4 fully saturated rings. The van der Waals surface area contributed by atoms with Gasteiger partial charge in [-0.15, -0.1) is 0 Å². The topological polar surface area (TPSA) is 78.8 Å². The van der Waals surface area contributed by atoms with Gasteiger partial charge in [-0.2, -0.15) is 24.9 Å². The predicted octanol–water partition coefficient (Wildman–Crippen LogP) is 5.60. The molecule has 0 radical (unpaired) electrons. The Morgan fingerprint density at radius 1 is 1.18 bits per heavy atom. The Bertz CT molecular complexity index is 835. The van der Waals surface area contributed by atoms with Crippen LogP contribution in [0.4, 0.5) is 13.2 Å². The van der Waals surface area contributed by atoms with E-state index in [4.69, 9.17) is 0 Å². The number of Topliss-reactive ketones (excluding diaryl/α,β-unsaturated/α-hetero) is 1. The summed E-state index contributed by atoms with van der Waals surface area (Å²) in [7, 11) is 0. The molecule has 4 rings (SSSR count). The van der Waals surface area contributed by atoms with Crippen LogP contribution < -0.4 is 5.32 Å². The zero-order valence-electron chi connectivity index (χ0n) is 20.1. The lowest BCUT2D eigenvalue weighted by Crippen LogP contribution is -2.56. The second kappa shape index (κ2) is 9.66. The molecule has 0 bridgehead atoms. The third-order valence-corrected chi connectivity index (χ3v) is 11.2. The van der Waals surface area contributed by atoms with E-state index in [9.17, 15) is 28.0 Å². The third kappa shape index (κ3) is 4.62. The molecule has 9 heteroatoms. The van der Waals surface area contributed by atoms with E-state index in [1.165, 1.54) is 0 Å². The minimum absolute atomic E-state index is 0.0389. The van der Waals surface area contributed by atoms with Crippen LogP contribution >= 0.6 is 11.8 Å². The van der Waals surface area contributed by atoms with E-state index in [0.717, 1.165) is 62.8 Å². The summed E-state index contributed by atoms with van der Waals surface area (Å²) in [5.41, 5.74) is 0.806.